The number of rotatable bonds is 5. The molecule has 3 rings (SSSR count). The van der Waals surface area contributed by atoms with Crippen LogP contribution < -0.4 is 4.74 Å². The van der Waals surface area contributed by atoms with E-state index < -0.39 is 19.8 Å². The van der Waals surface area contributed by atoms with Gasteiger partial charge in [-0.3, -0.25) is 9.48 Å². The van der Waals surface area contributed by atoms with E-state index in [9.17, 15) is 4.79 Å². The van der Waals surface area contributed by atoms with Crippen molar-refractivity contribution in [2.45, 2.75) is 58.5 Å². The molecule has 28 heavy (non-hydrogen) atoms. The molecule has 1 aromatic heterocycles. The molecule has 0 aliphatic carbocycles. The molecular weight excluding hydrogens is 372 g/mol. The van der Waals surface area contributed by atoms with Crippen LogP contribution in [0, 0.1) is 5.41 Å². The molecule has 2 aromatic rings. The molecule has 154 valence electrons. The monoisotopic (exact) mass is 404 g/mol. The van der Waals surface area contributed by atoms with Gasteiger partial charge in [0.25, 0.3) is 0 Å². The van der Waals surface area contributed by atoms with Crippen LogP contribution in [0.1, 0.15) is 39.5 Å². The smallest absolute Gasteiger partial charge is 0.193 e. The van der Waals surface area contributed by atoms with Crippen LogP contribution >= 0.6 is 0 Å². The third kappa shape index (κ3) is 3.19. The minimum Gasteiger partial charge on any atom is -0.494 e. The van der Waals surface area contributed by atoms with Crippen molar-refractivity contribution >= 4 is 25.0 Å². The van der Waals surface area contributed by atoms with Gasteiger partial charge in [0.2, 0.25) is 0 Å². The van der Waals surface area contributed by atoms with E-state index >= 15 is 0 Å². The minimum absolute atomic E-state index is 0.0137. The Hall–Kier alpha value is -1.70. The van der Waals surface area contributed by atoms with Crippen LogP contribution in [-0.2, 0) is 20.5 Å². The summed E-state index contributed by atoms with van der Waals surface area (Å²) in [4.78, 5) is 13.2. The molecule has 1 aliphatic heterocycles. The summed E-state index contributed by atoms with van der Waals surface area (Å²) < 4.78 is 19.7. The summed E-state index contributed by atoms with van der Waals surface area (Å²) in [5, 5.41) is 5.69. The third-order valence-electron chi connectivity index (χ3n) is 6.41. The van der Waals surface area contributed by atoms with E-state index in [1.54, 1.807) is 18.9 Å². The number of ketones is 1. The summed E-state index contributed by atoms with van der Waals surface area (Å²) >= 11 is 0. The Labute approximate surface area is 168 Å². The Morgan fingerprint density at radius 1 is 1.29 bits per heavy atom. The molecule has 0 saturated heterocycles. The van der Waals surface area contributed by atoms with E-state index in [-0.39, 0.29) is 17.4 Å². The normalized spacial score (nSPS) is 23.1. The van der Waals surface area contributed by atoms with Gasteiger partial charge in [-0.25, -0.2) is 0 Å². The van der Waals surface area contributed by atoms with Crippen molar-refractivity contribution in [1.29, 1.82) is 0 Å². The van der Waals surface area contributed by atoms with Crippen LogP contribution in [0.3, 0.4) is 0 Å². The van der Waals surface area contributed by atoms with Gasteiger partial charge in [-0.05, 0) is 31.1 Å². The van der Waals surface area contributed by atoms with Gasteiger partial charge in [0, 0.05) is 12.5 Å². The first-order chi connectivity index (χ1) is 13.0. The molecule has 2 unspecified atom stereocenters. The molecule has 0 bridgehead atoms. The fraction of sp³-hybridized carbons (Fsp3) is 0.619. The second-order valence-electron chi connectivity index (χ2n) is 9.43. The molecule has 0 spiro atoms. The molecule has 2 atom stereocenters. The summed E-state index contributed by atoms with van der Waals surface area (Å²) in [6.07, 6.45) is -0.424. The number of nitrogens with zero attached hydrogens (tertiary/aromatic N) is 2. The SMILES string of the molecule is COCC1(C)C(=O)Cn2nc3c(OC)cccc3c2C1O[Si](C)(C)C(C)(C)C. The van der Waals surface area contributed by atoms with Crippen molar-refractivity contribution in [2.24, 2.45) is 5.41 Å². The lowest BCUT2D eigenvalue weighted by Crippen LogP contribution is -2.52. The van der Waals surface area contributed by atoms with Crippen molar-refractivity contribution in [3.8, 4) is 5.75 Å². The zero-order valence-electron chi connectivity index (χ0n) is 18.3. The maximum absolute atomic E-state index is 13.2. The maximum atomic E-state index is 13.2. The van der Waals surface area contributed by atoms with Crippen molar-refractivity contribution in [3.05, 3.63) is 23.9 Å². The number of methoxy groups -OCH3 is 2. The molecule has 6 nitrogen and oxygen atoms in total. The average molecular weight is 405 g/mol. The van der Waals surface area contributed by atoms with Crippen LogP contribution in [0.5, 0.6) is 5.75 Å². The van der Waals surface area contributed by atoms with Crippen molar-refractivity contribution in [1.82, 2.24) is 9.78 Å². The quantitative estimate of drug-likeness (QED) is 0.694. The zero-order valence-corrected chi connectivity index (χ0v) is 19.3. The summed E-state index contributed by atoms with van der Waals surface area (Å²) in [6.45, 7) is 13.5. The van der Waals surface area contributed by atoms with Gasteiger partial charge in [-0.2, -0.15) is 5.10 Å². The summed E-state index contributed by atoms with van der Waals surface area (Å²) in [6, 6.07) is 5.88. The van der Waals surface area contributed by atoms with Crippen LogP contribution in [0.2, 0.25) is 18.1 Å². The van der Waals surface area contributed by atoms with E-state index in [2.05, 4.69) is 33.9 Å². The van der Waals surface area contributed by atoms with Gasteiger partial charge >= 0.3 is 0 Å². The molecule has 0 N–H and O–H groups in total. The Kier molecular flexibility index (Phi) is 5.23. The highest BCUT2D eigenvalue weighted by molar-refractivity contribution is 6.74. The number of hydrogen-bond donors (Lipinski definition) is 0. The Balaban J connectivity index is 2.25. The highest BCUT2D eigenvalue weighted by atomic mass is 28.4. The number of carbonyl (C=O) groups excluding carboxylic acids is 1. The van der Waals surface area contributed by atoms with E-state index in [4.69, 9.17) is 19.0 Å². The fourth-order valence-electron chi connectivity index (χ4n) is 3.59. The number of fused-ring (bicyclic) bond motifs is 3. The molecule has 0 saturated carbocycles. The van der Waals surface area contributed by atoms with E-state index in [1.807, 2.05) is 25.1 Å². The number of carbonyl (C=O) groups is 1. The number of Topliss-reactive ketones (excluding diaryl/α,β-unsaturated/α-hetero) is 1. The van der Waals surface area contributed by atoms with Crippen LogP contribution in [0.4, 0.5) is 0 Å². The van der Waals surface area contributed by atoms with E-state index in [0.29, 0.717) is 12.4 Å². The first-order valence-electron chi connectivity index (χ1n) is 9.70. The number of ether oxygens (including phenoxy) is 2. The van der Waals surface area contributed by atoms with E-state index in [1.165, 1.54) is 0 Å². The topological polar surface area (TPSA) is 62.6 Å². The maximum Gasteiger partial charge on any atom is 0.193 e. The van der Waals surface area contributed by atoms with Crippen molar-refractivity contribution in [3.63, 3.8) is 0 Å². The van der Waals surface area contributed by atoms with Crippen LogP contribution in [0.15, 0.2) is 18.2 Å². The number of hydrogen-bond acceptors (Lipinski definition) is 5. The second kappa shape index (κ2) is 6.97. The lowest BCUT2D eigenvalue weighted by Gasteiger charge is -2.46. The molecule has 0 radical (unpaired) electrons. The first-order valence-corrected chi connectivity index (χ1v) is 12.6. The molecule has 1 aliphatic rings. The predicted molar refractivity (Wildman–Crippen MR) is 112 cm³/mol. The van der Waals surface area contributed by atoms with Gasteiger partial charge in [-0.15, -0.1) is 0 Å². The Bertz CT molecular complexity index is 900. The van der Waals surface area contributed by atoms with Gasteiger partial charge < -0.3 is 13.9 Å². The van der Waals surface area contributed by atoms with Crippen molar-refractivity contribution < 1.29 is 18.7 Å². The second-order valence-corrected chi connectivity index (χ2v) is 14.2. The molecule has 7 heteroatoms. The van der Waals surface area contributed by atoms with Gasteiger partial charge in [-0.1, -0.05) is 32.9 Å². The summed E-state index contributed by atoms with van der Waals surface area (Å²) in [7, 11) is 1.10. The molecular formula is C21H32N2O4Si. The fourth-order valence-corrected chi connectivity index (χ4v) is 4.90. The minimum atomic E-state index is -2.17. The van der Waals surface area contributed by atoms with Crippen molar-refractivity contribution in [2.75, 3.05) is 20.8 Å². The highest BCUT2D eigenvalue weighted by Gasteiger charge is 2.52. The van der Waals surface area contributed by atoms with E-state index in [0.717, 1.165) is 16.6 Å². The summed E-state index contributed by atoms with van der Waals surface area (Å²) in [5.74, 6) is 0.781. The Morgan fingerprint density at radius 3 is 2.54 bits per heavy atom. The number of benzene rings is 1. The zero-order chi connectivity index (χ0) is 20.9. The highest BCUT2D eigenvalue weighted by Crippen LogP contribution is 2.49. The van der Waals surface area contributed by atoms with Crippen LogP contribution in [0.25, 0.3) is 10.9 Å². The van der Waals surface area contributed by atoms with Gasteiger partial charge in [0.05, 0.1) is 24.8 Å². The standard InChI is InChI=1S/C21H32N2O4Si/c1-20(2,3)28(7,8)27-19-18-14-10-9-11-15(26-6)17(14)22-23(18)12-16(24)21(19,4)13-25-5/h9-11,19H,12-13H2,1-8H3. The van der Waals surface area contributed by atoms with Gasteiger partial charge in [0.1, 0.15) is 23.9 Å². The average Bonchev–Trinajstić information content (AvgIpc) is 2.96. The lowest BCUT2D eigenvalue weighted by molar-refractivity contribution is -0.143. The molecule has 1 aromatic carbocycles. The van der Waals surface area contributed by atoms with Crippen LogP contribution in [-0.4, -0.2) is 44.7 Å². The molecule has 0 amide bonds. The lowest BCUT2D eigenvalue weighted by atomic mass is 9.76. The largest absolute Gasteiger partial charge is 0.494 e. The number of aromatic nitrogens is 2. The Morgan fingerprint density at radius 2 is 1.96 bits per heavy atom. The molecule has 0 fully saturated rings. The first kappa shape index (κ1) is 21.0. The third-order valence-corrected chi connectivity index (χ3v) is 10.9. The molecule has 2 heterocycles. The van der Waals surface area contributed by atoms with Gasteiger partial charge in [0.15, 0.2) is 14.1 Å². The predicted octanol–water partition coefficient (Wildman–Crippen LogP) is 4.34. The summed E-state index contributed by atoms with van der Waals surface area (Å²) in [5.41, 5.74) is 0.937.